The number of aliphatic hydroxyl groups is 1. The molecule has 1 N–H and O–H groups in total. The summed E-state index contributed by atoms with van der Waals surface area (Å²) in [5, 5.41) is 12.5. The van der Waals surface area contributed by atoms with Crippen LogP contribution in [0.2, 0.25) is 0 Å². The summed E-state index contributed by atoms with van der Waals surface area (Å²) in [4.78, 5) is 1.32. The lowest BCUT2D eigenvalue weighted by Crippen LogP contribution is -2.17. The van der Waals surface area contributed by atoms with Gasteiger partial charge in [-0.25, -0.2) is 0 Å². The third-order valence-corrected chi connectivity index (χ3v) is 6.99. The Labute approximate surface area is 114 Å². The largest absolute Gasteiger partial charge is 0.392 e. The van der Waals surface area contributed by atoms with Gasteiger partial charge >= 0.3 is 0 Å². The first-order valence-electron chi connectivity index (χ1n) is 6.65. The molecule has 2 bridgehead atoms. The molecule has 4 rings (SSSR count). The van der Waals surface area contributed by atoms with Crippen LogP contribution in [0.3, 0.4) is 0 Å². The third kappa shape index (κ3) is 1.66. The summed E-state index contributed by atoms with van der Waals surface area (Å²) in [6.45, 7) is 0. The van der Waals surface area contributed by atoms with Crippen molar-refractivity contribution < 1.29 is 5.11 Å². The van der Waals surface area contributed by atoms with E-state index in [-0.39, 0.29) is 6.10 Å². The van der Waals surface area contributed by atoms with Crippen LogP contribution in [0.15, 0.2) is 15.9 Å². The molecule has 3 aliphatic carbocycles. The predicted octanol–water partition coefficient (Wildman–Crippen LogP) is 3.71. The topological polar surface area (TPSA) is 20.2 Å². The summed E-state index contributed by atoms with van der Waals surface area (Å²) in [6, 6.07) is 2.15. The van der Waals surface area contributed by atoms with E-state index in [1.807, 2.05) is 0 Å². The van der Waals surface area contributed by atoms with Crippen molar-refractivity contribution in [1.82, 2.24) is 0 Å². The van der Waals surface area contributed by atoms with Crippen molar-refractivity contribution in [3.05, 3.63) is 20.8 Å². The van der Waals surface area contributed by atoms with Gasteiger partial charge in [0.15, 0.2) is 0 Å². The van der Waals surface area contributed by atoms with Gasteiger partial charge in [0.2, 0.25) is 0 Å². The molecule has 0 spiro atoms. The number of aliphatic hydroxyl groups excluding tert-OH is 1. The second-order valence-electron chi connectivity index (χ2n) is 6.07. The zero-order valence-corrected chi connectivity index (χ0v) is 12.1. The van der Waals surface area contributed by atoms with Gasteiger partial charge in [-0.05, 0) is 70.8 Å². The van der Waals surface area contributed by atoms with E-state index in [2.05, 4.69) is 27.4 Å². The van der Waals surface area contributed by atoms with E-state index in [0.717, 1.165) is 34.6 Å². The van der Waals surface area contributed by atoms with E-state index in [0.29, 0.717) is 5.92 Å². The molecule has 92 valence electrons. The molecule has 3 aliphatic rings. The minimum atomic E-state index is -0.0843. The second-order valence-corrected chi connectivity index (χ2v) is 7.98. The Bertz CT molecular complexity index is 427. The molecule has 1 aromatic rings. The minimum absolute atomic E-state index is 0.0843. The van der Waals surface area contributed by atoms with Crippen LogP contribution in [0.25, 0.3) is 0 Å². The lowest BCUT2D eigenvalue weighted by molar-refractivity contribution is 0.129. The summed E-state index contributed by atoms with van der Waals surface area (Å²) in [5.41, 5.74) is 0. The monoisotopic (exact) mass is 312 g/mol. The van der Waals surface area contributed by atoms with E-state index in [1.54, 1.807) is 11.3 Å². The van der Waals surface area contributed by atoms with Gasteiger partial charge < -0.3 is 5.11 Å². The van der Waals surface area contributed by atoms with Crippen LogP contribution < -0.4 is 0 Å². The quantitative estimate of drug-likeness (QED) is 0.902. The Morgan fingerprint density at radius 3 is 2.65 bits per heavy atom. The highest BCUT2D eigenvalue weighted by Gasteiger charge is 2.66. The lowest BCUT2D eigenvalue weighted by Gasteiger charge is -2.14. The van der Waals surface area contributed by atoms with Crippen LogP contribution in [-0.2, 0) is 6.42 Å². The Hall–Kier alpha value is 0.140. The molecule has 0 amide bonds. The smallest absolute Gasteiger partial charge is 0.0622 e. The molecule has 5 unspecified atom stereocenters. The summed E-state index contributed by atoms with van der Waals surface area (Å²) < 4.78 is 1.15. The zero-order valence-electron chi connectivity index (χ0n) is 9.68. The molecular weight excluding hydrogens is 296 g/mol. The van der Waals surface area contributed by atoms with Crippen LogP contribution in [0, 0.1) is 29.6 Å². The molecule has 0 aromatic carbocycles. The summed E-state index contributed by atoms with van der Waals surface area (Å²) in [5.74, 6) is 4.38. The molecule has 0 radical (unpaired) electrons. The molecule has 1 heterocycles. The Morgan fingerprint density at radius 2 is 2.06 bits per heavy atom. The van der Waals surface area contributed by atoms with Gasteiger partial charge in [0.05, 0.1) is 6.10 Å². The van der Waals surface area contributed by atoms with Gasteiger partial charge in [0, 0.05) is 21.2 Å². The van der Waals surface area contributed by atoms with Gasteiger partial charge in [0.1, 0.15) is 0 Å². The third-order valence-electron chi connectivity index (χ3n) is 5.27. The molecule has 1 aromatic heterocycles. The summed E-state index contributed by atoms with van der Waals surface area (Å²) >= 11 is 5.24. The Balaban J connectivity index is 1.44. The van der Waals surface area contributed by atoms with Crippen LogP contribution in [0.5, 0.6) is 0 Å². The maximum atomic E-state index is 10.4. The Kier molecular flexibility index (Phi) is 2.47. The van der Waals surface area contributed by atoms with Crippen molar-refractivity contribution in [2.24, 2.45) is 29.6 Å². The van der Waals surface area contributed by atoms with Crippen LogP contribution >= 0.6 is 27.3 Å². The molecule has 0 aliphatic heterocycles. The molecule has 3 heteroatoms. The molecule has 0 saturated heterocycles. The van der Waals surface area contributed by atoms with Crippen LogP contribution in [-0.4, -0.2) is 11.2 Å². The highest BCUT2D eigenvalue weighted by molar-refractivity contribution is 9.10. The van der Waals surface area contributed by atoms with Crippen molar-refractivity contribution in [3.8, 4) is 0 Å². The van der Waals surface area contributed by atoms with Crippen molar-refractivity contribution in [1.29, 1.82) is 0 Å². The zero-order chi connectivity index (χ0) is 11.6. The van der Waals surface area contributed by atoms with Crippen molar-refractivity contribution >= 4 is 27.3 Å². The predicted molar refractivity (Wildman–Crippen MR) is 73.0 cm³/mol. The van der Waals surface area contributed by atoms with Crippen molar-refractivity contribution in [2.75, 3.05) is 0 Å². The molecule has 1 nitrogen and oxygen atoms in total. The standard InChI is InChI=1S/C14H17BrOS/c15-9-4-10(17-6-9)5-11(16)14-12-7-1-2-8(3-7)13(12)14/h4,6-8,11-14,16H,1-3,5H2. The van der Waals surface area contributed by atoms with Gasteiger partial charge in [0.25, 0.3) is 0 Å². The number of thiophene rings is 1. The molecule has 3 saturated carbocycles. The number of hydrogen-bond acceptors (Lipinski definition) is 2. The number of hydrogen-bond donors (Lipinski definition) is 1. The molecular formula is C14H17BrOS. The van der Waals surface area contributed by atoms with E-state index in [1.165, 1.54) is 24.1 Å². The van der Waals surface area contributed by atoms with E-state index in [4.69, 9.17) is 0 Å². The average Bonchev–Trinajstić information content (AvgIpc) is 2.65. The molecule has 3 fully saturated rings. The average molecular weight is 313 g/mol. The van der Waals surface area contributed by atoms with Crippen LogP contribution in [0.4, 0.5) is 0 Å². The molecule has 17 heavy (non-hydrogen) atoms. The highest BCUT2D eigenvalue weighted by atomic mass is 79.9. The number of fused-ring (bicyclic) bond motifs is 5. The molecule has 5 atom stereocenters. The van der Waals surface area contributed by atoms with Crippen molar-refractivity contribution in [2.45, 2.75) is 31.8 Å². The second kappa shape index (κ2) is 3.82. The maximum Gasteiger partial charge on any atom is 0.0622 e. The van der Waals surface area contributed by atoms with Gasteiger partial charge in [-0.3, -0.25) is 0 Å². The van der Waals surface area contributed by atoms with Crippen molar-refractivity contribution in [3.63, 3.8) is 0 Å². The van der Waals surface area contributed by atoms with Gasteiger partial charge in [-0.1, -0.05) is 0 Å². The summed E-state index contributed by atoms with van der Waals surface area (Å²) in [6.07, 6.45) is 5.15. The fraction of sp³-hybridized carbons (Fsp3) is 0.714. The normalized spacial score (nSPS) is 43.8. The lowest BCUT2D eigenvalue weighted by atomic mass is 9.97. The Morgan fingerprint density at radius 1 is 1.35 bits per heavy atom. The van der Waals surface area contributed by atoms with E-state index < -0.39 is 0 Å². The van der Waals surface area contributed by atoms with E-state index in [9.17, 15) is 5.11 Å². The SMILES string of the molecule is OC(Cc1cc(Br)cs1)C1C2C3CCC(C3)C12. The first-order chi connectivity index (χ1) is 8.24. The highest BCUT2D eigenvalue weighted by Crippen LogP contribution is 2.70. The minimum Gasteiger partial charge on any atom is -0.392 e. The summed E-state index contributed by atoms with van der Waals surface area (Å²) in [7, 11) is 0. The number of rotatable bonds is 3. The maximum absolute atomic E-state index is 10.4. The first-order valence-corrected chi connectivity index (χ1v) is 8.32. The fourth-order valence-corrected chi connectivity index (χ4v) is 6.21. The fourth-order valence-electron chi connectivity index (χ4n) is 4.71. The van der Waals surface area contributed by atoms with Crippen LogP contribution in [0.1, 0.15) is 24.1 Å². The van der Waals surface area contributed by atoms with Gasteiger partial charge in [-0.15, -0.1) is 11.3 Å². The van der Waals surface area contributed by atoms with Gasteiger partial charge in [-0.2, -0.15) is 0 Å². The number of halogens is 1. The first kappa shape index (κ1) is 11.0. The van der Waals surface area contributed by atoms with E-state index >= 15 is 0 Å².